The zero-order chi connectivity index (χ0) is 40.5. The van der Waals surface area contributed by atoms with Gasteiger partial charge in [-0.2, -0.15) is 0 Å². The number of ether oxygens (including phenoxy) is 3. The first-order valence-electron chi connectivity index (χ1n) is 17.1. The van der Waals surface area contributed by atoms with Crippen LogP contribution in [0.1, 0.15) is 111 Å². The fourth-order valence-electron chi connectivity index (χ4n) is 5.07. The minimum Gasteiger partial charge on any atom is -0.504 e. The molecule has 290 valence electrons. The van der Waals surface area contributed by atoms with Crippen LogP contribution in [-0.2, 0) is 32.7 Å². The van der Waals surface area contributed by atoms with E-state index in [9.17, 15) is 19.5 Å². The van der Waals surface area contributed by atoms with E-state index in [-0.39, 0.29) is 39.7 Å². The molecular weight excluding hydrogens is 753 g/mol. The summed E-state index contributed by atoms with van der Waals surface area (Å²) in [5, 5.41) is 9.88. The monoisotopic (exact) mass is 804 g/mol. The number of phenols is 1. The second kappa shape index (κ2) is 16.1. The highest BCUT2D eigenvalue weighted by atomic mass is 79.9. The summed E-state index contributed by atoms with van der Waals surface area (Å²) in [6.07, 6.45) is 1.38. The smallest absolute Gasteiger partial charge is 0.495 e. The Bertz CT molecular complexity index is 1590. The van der Waals surface area contributed by atoms with E-state index in [4.69, 9.17) is 42.1 Å². The van der Waals surface area contributed by atoms with E-state index in [1.54, 1.807) is 0 Å². The Morgan fingerprint density at radius 2 is 1.00 bits per heavy atom. The minimum atomic E-state index is -0.697. The minimum absolute atomic E-state index is 0.0530. The first kappa shape index (κ1) is 44.5. The SMILES string of the molecule is CC1(C)OB(B2OC(C)(C)C(C)(C)O2)OC1(C)C.COc1cc(C=O)c(B2OC(C)(C)C(C)(C)O2)cc1O.COc1cc(C=O)c(Br)cc1OC(C)=O. The van der Waals surface area contributed by atoms with E-state index in [1.807, 2.05) is 83.1 Å². The summed E-state index contributed by atoms with van der Waals surface area (Å²) >= 11 is 3.18. The molecule has 3 aliphatic heterocycles. The maximum absolute atomic E-state index is 11.2. The van der Waals surface area contributed by atoms with Crippen LogP contribution in [0, 0.1) is 0 Å². The third-order valence-electron chi connectivity index (χ3n) is 10.4. The van der Waals surface area contributed by atoms with Crippen LogP contribution < -0.4 is 19.7 Å². The van der Waals surface area contributed by atoms with Gasteiger partial charge in [0.1, 0.15) is 6.29 Å². The van der Waals surface area contributed by atoms with E-state index in [1.165, 1.54) is 45.4 Å². The molecule has 3 fully saturated rings. The van der Waals surface area contributed by atoms with Crippen molar-refractivity contribution in [1.29, 1.82) is 0 Å². The molecule has 0 bridgehead atoms. The molecule has 5 rings (SSSR count). The summed E-state index contributed by atoms with van der Waals surface area (Å²) < 4.78 is 51.1. The largest absolute Gasteiger partial charge is 0.504 e. The molecule has 3 heterocycles. The van der Waals surface area contributed by atoms with Crippen molar-refractivity contribution in [2.24, 2.45) is 0 Å². The number of aldehydes is 2. The Labute approximate surface area is 322 Å². The van der Waals surface area contributed by atoms with E-state index in [0.29, 0.717) is 39.4 Å². The van der Waals surface area contributed by atoms with Gasteiger partial charge in [-0.25, -0.2) is 0 Å². The lowest BCUT2D eigenvalue weighted by Crippen LogP contribution is -2.41. The number of benzene rings is 2. The van der Waals surface area contributed by atoms with Crippen LogP contribution in [0.3, 0.4) is 0 Å². The molecule has 0 unspecified atom stereocenters. The fourth-order valence-corrected chi connectivity index (χ4v) is 5.49. The van der Waals surface area contributed by atoms with Crippen molar-refractivity contribution in [3.63, 3.8) is 0 Å². The number of methoxy groups -OCH3 is 2. The molecule has 53 heavy (non-hydrogen) atoms. The quantitative estimate of drug-likeness (QED) is 0.152. The van der Waals surface area contributed by atoms with Gasteiger partial charge in [-0.1, -0.05) is 0 Å². The van der Waals surface area contributed by atoms with Crippen molar-refractivity contribution in [2.75, 3.05) is 14.2 Å². The Morgan fingerprint density at radius 1 is 0.623 bits per heavy atom. The van der Waals surface area contributed by atoms with Gasteiger partial charge in [0.2, 0.25) is 0 Å². The maximum atomic E-state index is 11.2. The van der Waals surface area contributed by atoms with Crippen molar-refractivity contribution in [3.05, 3.63) is 39.9 Å². The molecule has 2 aromatic rings. The van der Waals surface area contributed by atoms with E-state index < -0.39 is 38.3 Å². The van der Waals surface area contributed by atoms with Gasteiger partial charge in [0.05, 0.1) is 47.8 Å². The molecular formula is C36H52B3BrO13. The number of aromatic hydroxyl groups is 1. The molecule has 0 aliphatic carbocycles. The third kappa shape index (κ3) is 9.67. The molecule has 3 aliphatic rings. The Kier molecular flexibility index (Phi) is 13.5. The van der Waals surface area contributed by atoms with Crippen LogP contribution in [0.2, 0.25) is 0 Å². The summed E-state index contributed by atoms with van der Waals surface area (Å²) in [5.74, 6) is 0.368. The molecule has 3 saturated heterocycles. The average Bonchev–Trinajstić information content (AvgIpc) is 3.50. The molecule has 1 N–H and O–H groups in total. The van der Waals surface area contributed by atoms with Crippen molar-refractivity contribution in [1.82, 2.24) is 0 Å². The highest BCUT2D eigenvalue weighted by Gasteiger charge is 2.63. The summed E-state index contributed by atoms with van der Waals surface area (Å²) in [5.41, 5.74) is -1.15. The fraction of sp³-hybridized carbons (Fsp3) is 0.583. The topological polar surface area (TPSA) is 155 Å². The predicted octanol–water partition coefficient (Wildman–Crippen LogP) is 5.96. The Balaban J connectivity index is 0.000000216. The maximum Gasteiger partial charge on any atom is 0.495 e. The van der Waals surface area contributed by atoms with Crippen LogP contribution in [-0.4, -0.2) is 92.6 Å². The summed E-state index contributed by atoms with van der Waals surface area (Å²) in [7, 11) is 1.22. The lowest BCUT2D eigenvalue weighted by atomic mass is 9.49. The second-order valence-corrected chi connectivity index (χ2v) is 16.7. The lowest BCUT2D eigenvalue weighted by molar-refractivity contribution is -0.132. The number of esters is 1. The van der Waals surface area contributed by atoms with Gasteiger partial charge in [-0.15, -0.1) is 0 Å². The van der Waals surface area contributed by atoms with E-state index in [2.05, 4.69) is 15.9 Å². The van der Waals surface area contributed by atoms with Gasteiger partial charge in [-0.3, -0.25) is 14.4 Å². The summed E-state index contributed by atoms with van der Waals surface area (Å²) in [6.45, 7) is 25.2. The van der Waals surface area contributed by atoms with E-state index in [0.717, 1.165) is 0 Å². The summed E-state index contributed by atoms with van der Waals surface area (Å²) in [4.78, 5) is 32.7. The van der Waals surface area contributed by atoms with Gasteiger partial charge >= 0.3 is 27.1 Å². The molecule has 0 aromatic heterocycles. The lowest BCUT2D eigenvalue weighted by Gasteiger charge is -2.32. The van der Waals surface area contributed by atoms with Gasteiger partial charge < -0.3 is 47.2 Å². The van der Waals surface area contributed by atoms with Crippen molar-refractivity contribution in [3.8, 4) is 23.0 Å². The van der Waals surface area contributed by atoms with E-state index >= 15 is 0 Å². The van der Waals surface area contributed by atoms with Crippen molar-refractivity contribution in [2.45, 2.75) is 124 Å². The molecule has 13 nitrogen and oxygen atoms in total. The van der Waals surface area contributed by atoms with Crippen LogP contribution >= 0.6 is 15.9 Å². The molecule has 0 saturated carbocycles. The van der Waals surface area contributed by atoms with Gasteiger partial charge in [0.15, 0.2) is 29.3 Å². The number of hydrogen-bond donors (Lipinski definition) is 1. The molecule has 0 spiro atoms. The predicted molar refractivity (Wildman–Crippen MR) is 205 cm³/mol. The highest BCUT2D eigenvalue weighted by molar-refractivity contribution is 9.10. The number of carbonyl (C=O) groups excluding carboxylic acids is 3. The average molecular weight is 805 g/mol. The zero-order valence-electron chi connectivity index (χ0n) is 33.4. The molecule has 0 amide bonds. The van der Waals surface area contributed by atoms with Gasteiger partial charge in [-0.05, 0) is 129 Å². The number of carbonyl (C=O) groups is 3. The molecule has 17 heteroatoms. The molecule has 0 radical (unpaired) electrons. The number of halogens is 1. The zero-order valence-corrected chi connectivity index (χ0v) is 35.0. The number of rotatable bonds is 7. The number of hydrogen-bond acceptors (Lipinski definition) is 13. The van der Waals surface area contributed by atoms with Gasteiger partial charge in [0.25, 0.3) is 0 Å². The van der Waals surface area contributed by atoms with Crippen molar-refractivity contribution < 1.29 is 61.6 Å². The molecule has 0 atom stereocenters. The Hall–Kier alpha value is -2.92. The van der Waals surface area contributed by atoms with Crippen LogP contribution in [0.5, 0.6) is 23.0 Å². The Morgan fingerprint density at radius 3 is 1.36 bits per heavy atom. The third-order valence-corrected chi connectivity index (χ3v) is 11.1. The van der Waals surface area contributed by atoms with Crippen LogP contribution in [0.25, 0.3) is 0 Å². The van der Waals surface area contributed by atoms with Crippen LogP contribution in [0.15, 0.2) is 28.7 Å². The number of phenolic OH excluding ortho intramolecular Hbond substituents is 1. The normalized spacial score (nSPS) is 21.1. The first-order chi connectivity index (χ1) is 24.2. The standard InChI is InChI=1S/C14H19BO5.C12H24B2O4.C10H9BrO4/c1-13(2)14(3,4)20-15(19-13)10-7-11(17)12(18-5)6-9(10)8-16;1-9(2)10(3,4)16-13(15-9)14-17-11(5,6)12(7,8)18-14;1-6(13)15-10-4-8(11)7(5-12)3-9(10)14-2/h6-8,17H,1-5H3;1-8H3;3-5H,1-2H3. The first-order valence-corrected chi connectivity index (χ1v) is 17.9. The second-order valence-electron chi connectivity index (χ2n) is 15.8. The highest BCUT2D eigenvalue weighted by Crippen LogP contribution is 2.43. The van der Waals surface area contributed by atoms with Gasteiger partial charge in [0, 0.05) is 22.5 Å². The van der Waals surface area contributed by atoms with Crippen LogP contribution in [0.4, 0.5) is 0 Å². The molecule has 2 aromatic carbocycles. The summed E-state index contributed by atoms with van der Waals surface area (Å²) in [6, 6.07) is 5.94. The van der Waals surface area contributed by atoms with Crippen molar-refractivity contribution >= 4 is 61.1 Å².